The molecule has 2 rings (SSSR count). The molecule has 1 unspecified atom stereocenters. The third-order valence-corrected chi connectivity index (χ3v) is 4.52. The van der Waals surface area contributed by atoms with E-state index in [1.54, 1.807) is 44.6 Å². The Morgan fingerprint density at radius 2 is 1.83 bits per heavy atom. The van der Waals surface area contributed by atoms with Gasteiger partial charge in [0, 0.05) is 16.0 Å². The first-order valence-corrected chi connectivity index (χ1v) is 8.24. The molecule has 1 amide bonds. The van der Waals surface area contributed by atoms with Crippen molar-refractivity contribution in [3.05, 3.63) is 47.5 Å². The van der Waals surface area contributed by atoms with E-state index < -0.39 is 0 Å². The summed E-state index contributed by atoms with van der Waals surface area (Å²) in [5.74, 6) is 1.12. The normalized spacial score (nSPS) is 11.7. The fourth-order valence-electron chi connectivity index (χ4n) is 1.92. The summed E-state index contributed by atoms with van der Waals surface area (Å²) in [4.78, 5) is 13.4. The summed E-state index contributed by atoms with van der Waals surface area (Å²) in [6.07, 6.45) is 0. The third-order valence-electron chi connectivity index (χ3n) is 3.16. The lowest BCUT2D eigenvalue weighted by molar-refractivity contribution is -0.115. The molecule has 1 N–H and O–H groups in total. The number of carbonyl (C=O) groups is 1. The highest BCUT2D eigenvalue weighted by molar-refractivity contribution is 8.00. The first-order valence-electron chi connectivity index (χ1n) is 6.98. The van der Waals surface area contributed by atoms with Crippen LogP contribution in [0.5, 0.6) is 11.5 Å². The minimum Gasteiger partial charge on any atom is -0.497 e. The number of anilines is 1. The molecular weight excluding hydrogens is 334 g/mol. The van der Waals surface area contributed by atoms with Gasteiger partial charge in [-0.3, -0.25) is 4.79 Å². The lowest BCUT2D eigenvalue weighted by atomic mass is 10.2. The van der Waals surface area contributed by atoms with Gasteiger partial charge in [-0.05, 0) is 43.3 Å². The van der Waals surface area contributed by atoms with Crippen molar-refractivity contribution < 1.29 is 14.3 Å². The highest BCUT2D eigenvalue weighted by Gasteiger charge is 2.17. The molecule has 6 heteroatoms. The fourth-order valence-corrected chi connectivity index (χ4v) is 2.91. The molecule has 1 atom stereocenters. The van der Waals surface area contributed by atoms with Crippen molar-refractivity contribution in [2.24, 2.45) is 0 Å². The monoisotopic (exact) mass is 351 g/mol. The Balaban J connectivity index is 2.07. The van der Waals surface area contributed by atoms with Crippen molar-refractivity contribution in [2.45, 2.75) is 17.1 Å². The first kappa shape index (κ1) is 17.5. The highest BCUT2D eigenvalue weighted by Crippen LogP contribution is 2.30. The van der Waals surface area contributed by atoms with Gasteiger partial charge in [0.05, 0.1) is 25.2 Å². The minimum absolute atomic E-state index is 0.114. The predicted octanol–water partition coefficient (Wildman–Crippen LogP) is 4.48. The van der Waals surface area contributed by atoms with Crippen LogP contribution in [0.4, 0.5) is 5.69 Å². The maximum Gasteiger partial charge on any atom is 0.237 e. The van der Waals surface area contributed by atoms with Crippen LogP contribution >= 0.6 is 23.4 Å². The molecule has 0 bridgehead atoms. The zero-order valence-corrected chi connectivity index (χ0v) is 14.7. The number of halogens is 1. The van der Waals surface area contributed by atoms with Gasteiger partial charge in [0.2, 0.25) is 5.91 Å². The van der Waals surface area contributed by atoms with E-state index in [9.17, 15) is 4.79 Å². The molecule has 0 radical (unpaired) electrons. The number of hydrogen-bond donors (Lipinski definition) is 1. The number of carbonyl (C=O) groups excluding carboxylic acids is 1. The molecule has 0 aliphatic rings. The van der Waals surface area contributed by atoms with Crippen molar-refractivity contribution in [2.75, 3.05) is 19.5 Å². The molecule has 0 aliphatic carbocycles. The molecule has 0 aliphatic heterocycles. The van der Waals surface area contributed by atoms with E-state index in [4.69, 9.17) is 21.1 Å². The molecule has 0 heterocycles. The Morgan fingerprint density at radius 3 is 2.43 bits per heavy atom. The van der Waals surface area contributed by atoms with E-state index in [-0.39, 0.29) is 11.2 Å². The molecule has 0 saturated carbocycles. The second kappa shape index (κ2) is 8.13. The Morgan fingerprint density at radius 1 is 1.13 bits per heavy atom. The maximum absolute atomic E-state index is 12.4. The largest absolute Gasteiger partial charge is 0.497 e. The van der Waals surface area contributed by atoms with Crippen molar-refractivity contribution in [3.63, 3.8) is 0 Å². The van der Waals surface area contributed by atoms with Crippen LogP contribution in [-0.4, -0.2) is 25.4 Å². The van der Waals surface area contributed by atoms with Crippen LogP contribution in [0.3, 0.4) is 0 Å². The van der Waals surface area contributed by atoms with Crippen LogP contribution in [0.2, 0.25) is 5.02 Å². The van der Waals surface area contributed by atoms with Gasteiger partial charge in [0.25, 0.3) is 0 Å². The van der Waals surface area contributed by atoms with Crippen molar-refractivity contribution in [3.8, 4) is 11.5 Å². The second-order valence-corrected chi connectivity index (χ2v) is 6.62. The van der Waals surface area contributed by atoms with Crippen LogP contribution in [0.15, 0.2) is 47.4 Å². The van der Waals surface area contributed by atoms with Gasteiger partial charge < -0.3 is 14.8 Å². The number of nitrogens with one attached hydrogen (secondary N) is 1. The maximum atomic E-state index is 12.4. The predicted molar refractivity (Wildman–Crippen MR) is 94.9 cm³/mol. The van der Waals surface area contributed by atoms with Gasteiger partial charge >= 0.3 is 0 Å². The van der Waals surface area contributed by atoms with E-state index in [0.29, 0.717) is 22.2 Å². The van der Waals surface area contributed by atoms with Crippen LogP contribution in [-0.2, 0) is 4.79 Å². The van der Waals surface area contributed by atoms with Crippen LogP contribution in [0.25, 0.3) is 0 Å². The van der Waals surface area contributed by atoms with Gasteiger partial charge in [-0.25, -0.2) is 0 Å². The Kier molecular flexibility index (Phi) is 6.19. The number of hydrogen-bond acceptors (Lipinski definition) is 4. The average molecular weight is 352 g/mol. The molecule has 122 valence electrons. The van der Waals surface area contributed by atoms with E-state index >= 15 is 0 Å². The lowest BCUT2D eigenvalue weighted by Gasteiger charge is -2.15. The molecule has 2 aromatic carbocycles. The number of amides is 1. The van der Waals surface area contributed by atoms with Gasteiger partial charge in [0.15, 0.2) is 0 Å². The van der Waals surface area contributed by atoms with E-state index in [1.165, 1.54) is 11.8 Å². The Labute approximate surface area is 145 Å². The zero-order valence-electron chi connectivity index (χ0n) is 13.1. The Hall–Kier alpha value is -1.85. The number of ether oxygens (including phenoxy) is 2. The van der Waals surface area contributed by atoms with E-state index in [0.717, 1.165) is 4.90 Å². The second-order valence-electron chi connectivity index (χ2n) is 4.77. The van der Waals surface area contributed by atoms with Gasteiger partial charge in [-0.15, -0.1) is 11.8 Å². The molecule has 0 fully saturated rings. The van der Waals surface area contributed by atoms with Crippen molar-refractivity contribution >= 4 is 35.0 Å². The molecular formula is C17H18ClNO3S. The SMILES string of the molecule is COc1ccc(OC)c(NC(=O)C(C)Sc2ccc(Cl)cc2)c1. The number of benzene rings is 2. The smallest absolute Gasteiger partial charge is 0.237 e. The topological polar surface area (TPSA) is 47.6 Å². The average Bonchev–Trinajstić information content (AvgIpc) is 2.56. The Bertz CT molecular complexity index is 676. The molecule has 0 saturated heterocycles. The molecule has 4 nitrogen and oxygen atoms in total. The summed E-state index contributed by atoms with van der Waals surface area (Å²) in [6.45, 7) is 1.85. The summed E-state index contributed by atoms with van der Waals surface area (Å²) >= 11 is 7.33. The first-order chi connectivity index (χ1) is 11.0. The van der Waals surface area contributed by atoms with Crippen LogP contribution in [0.1, 0.15) is 6.92 Å². The summed E-state index contributed by atoms with van der Waals surface area (Å²) in [6, 6.07) is 12.7. The molecule has 0 spiro atoms. The summed E-state index contributed by atoms with van der Waals surface area (Å²) in [5, 5.41) is 3.28. The standard InChI is InChI=1S/C17H18ClNO3S/c1-11(23-14-7-4-12(18)5-8-14)17(20)19-15-10-13(21-2)6-9-16(15)22-3/h4-11H,1-3H3,(H,19,20). The van der Waals surface area contributed by atoms with E-state index in [1.807, 2.05) is 19.1 Å². The molecule has 0 aromatic heterocycles. The molecule has 2 aromatic rings. The van der Waals surface area contributed by atoms with Crippen molar-refractivity contribution in [1.82, 2.24) is 0 Å². The summed E-state index contributed by atoms with van der Waals surface area (Å²) in [5.41, 5.74) is 0.584. The van der Waals surface area contributed by atoms with E-state index in [2.05, 4.69) is 5.32 Å². The van der Waals surface area contributed by atoms with Crippen molar-refractivity contribution in [1.29, 1.82) is 0 Å². The highest BCUT2D eigenvalue weighted by atomic mass is 35.5. The number of thioether (sulfide) groups is 1. The summed E-state index contributed by atoms with van der Waals surface area (Å²) in [7, 11) is 3.13. The lowest BCUT2D eigenvalue weighted by Crippen LogP contribution is -2.22. The van der Waals surface area contributed by atoms with Crippen LogP contribution < -0.4 is 14.8 Å². The summed E-state index contributed by atoms with van der Waals surface area (Å²) < 4.78 is 10.4. The third kappa shape index (κ3) is 4.81. The van der Waals surface area contributed by atoms with Gasteiger partial charge in [-0.1, -0.05) is 11.6 Å². The van der Waals surface area contributed by atoms with Crippen LogP contribution in [0, 0.1) is 0 Å². The number of rotatable bonds is 6. The fraction of sp³-hybridized carbons (Fsp3) is 0.235. The van der Waals surface area contributed by atoms with Gasteiger partial charge in [-0.2, -0.15) is 0 Å². The minimum atomic E-state index is -0.271. The zero-order chi connectivity index (χ0) is 16.8. The van der Waals surface area contributed by atoms with Gasteiger partial charge in [0.1, 0.15) is 11.5 Å². The molecule has 23 heavy (non-hydrogen) atoms. The number of methoxy groups -OCH3 is 2. The quantitative estimate of drug-likeness (QED) is 0.780.